The molecule has 0 fully saturated rings. The average Bonchev–Trinajstić information content (AvgIpc) is 2.95. The summed E-state index contributed by atoms with van der Waals surface area (Å²) in [6, 6.07) is 15.9. The van der Waals surface area contributed by atoms with E-state index in [9.17, 15) is 9.59 Å². The van der Waals surface area contributed by atoms with Crippen LogP contribution in [0.15, 0.2) is 63.8 Å². The lowest BCUT2D eigenvalue weighted by Crippen LogP contribution is -2.23. The Morgan fingerprint density at radius 2 is 1.83 bits per heavy atom. The number of benzene rings is 2. The molecule has 4 aromatic rings. The van der Waals surface area contributed by atoms with E-state index in [1.54, 1.807) is 6.07 Å². The number of hydrogen-bond acceptors (Lipinski definition) is 4. The Kier molecular flexibility index (Phi) is 3.16. The molecule has 2 aromatic carbocycles. The second-order valence-corrected chi connectivity index (χ2v) is 5.44. The van der Waals surface area contributed by atoms with E-state index < -0.39 is 0 Å². The largest absolute Gasteiger partial charge is 0.456 e. The Morgan fingerprint density at radius 3 is 2.67 bits per heavy atom. The third-order valence-electron chi connectivity index (χ3n) is 3.83. The molecule has 0 unspecified atom stereocenters. The Labute approximate surface area is 136 Å². The van der Waals surface area contributed by atoms with Crippen LogP contribution in [0, 0.1) is 0 Å². The molecule has 0 aliphatic rings. The van der Waals surface area contributed by atoms with Crippen molar-refractivity contribution in [2.24, 2.45) is 7.05 Å². The van der Waals surface area contributed by atoms with E-state index >= 15 is 0 Å². The first-order valence-electron chi connectivity index (χ1n) is 7.39. The minimum absolute atomic E-state index is 0.175. The van der Waals surface area contributed by atoms with E-state index in [4.69, 9.17) is 4.42 Å². The van der Waals surface area contributed by atoms with Crippen LogP contribution in [0.25, 0.3) is 21.9 Å². The maximum absolute atomic E-state index is 12.3. The summed E-state index contributed by atoms with van der Waals surface area (Å²) in [4.78, 5) is 23.7. The van der Waals surface area contributed by atoms with Gasteiger partial charge in [0.05, 0.1) is 0 Å². The van der Waals surface area contributed by atoms with Crippen molar-refractivity contribution >= 4 is 33.5 Å². The maximum atomic E-state index is 12.3. The molecule has 2 heterocycles. The summed E-state index contributed by atoms with van der Waals surface area (Å²) >= 11 is 0. The van der Waals surface area contributed by atoms with Crippen LogP contribution >= 0.6 is 0 Å². The van der Waals surface area contributed by atoms with E-state index in [1.807, 2.05) is 36.4 Å². The standard InChI is InChI=1S/C18H13N3O3/c1-21-17(22)9-7-14(20-21)18(23)19-11-6-8-16-13(10-11)12-4-2-3-5-15(12)24-16/h2-10H,1H3,(H,19,23). The number of aryl methyl sites for hydroxylation is 1. The topological polar surface area (TPSA) is 77.1 Å². The number of para-hydroxylation sites is 1. The van der Waals surface area contributed by atoms with Gasteiger partial charge in [-0.15, -0.1) is 0 Å². The molecule has 0 aliphatic carbocycles. The molecular weight excluding hydrogens is 306 g/mol. The van der Waals surface area contributed by atoms with Crippen LogP contribution < -0.4 is 10.9 Å². The lowest BCUT2D eigenvalue weighted by atomic mass is 10.1. The molecule has 1 amide bonds. The van der Waals surface area contributed by atoms with Gasteiger partial charge in [-0.25, -0.2) is 4.68 Å². The summed E-state index contributed by atoms with van der Waals surface area (Å²) in [6.07, 6.45) is 0. The van der Waals surface area contributed by atoms with Crippen molar-refractivity contribution in [1.82, 2.24) is 9.78 Å². The maximum Gasteiger partial charge on any atom is 0.276 e. The zero-order valence-corrected chi connectivity index (χ0v) is 12.8. The summed E-state index contributed by atoms with van der Waals surface area (Å²) in [7, 11) is 1.50. The van der Waals surface area contributed by atoms with E-state index in [0.29, 0.717) is 5.69 Å². The number of furan rings is 1. The summed E-state index contributed by atoms with van der Waals surface area (Å²) in [5, 5.41) is 8.65. The molecule has 0 spiro atoms. The number of fused-ring (bicyclic) bond motifs is 3. The van der Waals surface area contributed by atoms with Gasteiger partial charge in [0.1, 0.15) is 16.9 Å². The first kappa shape index (κ1) is 14.2. The quantitative estimate of drug-likeness (QED) is 0.616. The van der Waals surface area contributed by atoms with Crippen LogP contribution in [0.1, 0.15) is 10.5 Å². The lowest BCUT2D eigenvalue weighted by molar-refractivity contribution is 0.102. The predicted molar refractivity (Wildman–Crippen MR) is 91.2 cm³/mol. The third-order valence-corrected chi connectivity index (χ3v) is 3.83. The van der Waals surface area contributed by atoms with Crippen LogP contribution in [0.2, 0.25) is 0 Å². The minimum atomic E-state index is -0.377. The summed E-state index contributed by atoms with van der Waals surface area (Å²) in [5.74, 6) is -0.377. The molecule has 4 rings (SSSR count). The van der Waals surface area contributed by atoms with Crippen molar-refractivity contribution in [2.45, 2.75) is 0 Å². The first-order valence-corrected chi connectivity index (χ1v) is 7.39. The van der Waals surface area contributed by atoms with E-state index in [0.717, 1.165) is 26.6 Å². The number of hydrogen-bond donors (Lipinski definition) is 1. The van der Waals surface area contributed by atoms with Gasteiger partial charge >= 0.3 is 0 Å². The summed E-state index contributed by atoms with van der Waals surface area (Å²) < 4.78 is 6.89. The molecule has 0 aliphatic heterocycles. The van der Waals surface area contributed by atoms with Gasteiger partial charge in [-0.2, -0.15) is 5.10 Å². The normalized spacial score (nSPS) is 11.0. The molecule has 24 heavy (non-hydrogen) atoms. The van der Waals surface area contributed by atoms with Gasteiger partial charge in [0.15, 0.2) is 0 Å². The van der Waals surface area contributed by atoms with Crippen LogP contribution in [-0.4, -0.2) is 15.7 Å². The van der Waals surface area contributed by atoms with Crippen molar-refractivity contribution in [3.05, 3.63) is 70.6 Å². The number of nitrogens with one attached hydrogen (secondary N) is 1. The van der Waals surface area contributed by atoms with Crippen LogP contribution in [-0.2, 0) is 7.05 Å². The van der Waals surface area contributed by atoms with Crippen molar-refractivity contribution in [2.75, 3.05) is 5.32 Å². The predicted octanol–water partition coefficient (Wildman–Crippen LogP) is 2.93. The lowest BCUT2D eigenvalue weighted by Gasteiger charge is -2.05. The summed E-state index contributed by atoms with van der Waals surface area (Å²) in [6.45, 7) is 0. The van der Waals surface area contributed by atoms with Gasteiger partial charge in [-0.05, 0) is 30.3 Å². The third kappa shape index (κ3) is 2.34. The van der Waals surface area contributed by atoms with E-state index in [2.05, 4.69) is 10.4 Å². The molecular formula is C18H13N3O3. The van der Waals surface area contributed by atoms with Gasteiger partial charge in [-0.1, -0.05) is 18.2 Å². The van der Waals surface area contributed by atoms with Crippen molar-refractivity contribution in [1.29, 1.82) is 0 Å². The molecule has 0 saturated carbocycles. The van der Waals surface area contributed by atoms with Gasteiger partial charge in [0.25, 0.3) is 11.5 Å². The highest BCUT2D eigenvalue weighted by Gasteiger charge is 2.11. The van der Waals surface area contributed by atoms with E-state index in [-0.39, 0.29) is 17.2 Å². The van der Waals surface area contributed by atoms with Gasteiger partial charge < -0.3 is 9.73 Å². The monoisotopic (exact) mass is 319 g/mol. The Morgan fingerprint density at radius 1 is 1.04 bits per heavy atom. The molecule has 0 atom stereocenters. The second-order valence-electron chi connectivity index (χ2n) is 5.44. The number of carbonyl (C=O) groups excluding carboxylic acids is 1. The number of rotatable bonds is 2. The van der Waals surface area contributed by atoms with Crippen LogP contribution in [0.4, 0.5) is 5.69 Å². The molecule has 2 aromatic heterocycles. The molecule has 0 saturated heterocycles. The van der Waals surface area contributed by atoms with Crippen LogP contribution in [0.5, 0.6) is 0 Å². The van der Waals surface area contributed by atoms with Gasteiger partial charge in [0.2, 0.25) is 0 Å². The van der Waals surface area contributed by atoms with Crippen molar-refractivity contribution < 1.29 is 9.21 Å². The number of amides is 1. The van der Waals surface area contributed by atoms with Gasteiger partial charge in [0, 0.05) is 29.6 Å². The molecule has 0 radical (unpaired) electrons. The molecule has 1 N–H and O–H groups in total. The number of carbonyl (C=O) groups is 1. The second kappa shape index (κ2) is 5.34. The highest BCUT2D eigenvalue weighted by Crippen LogP contribution is 2.30. The fourth-order valence-electron chi connectivity index (χ4n) is 2.62. The van der Waals surface area contributed by atoms with Crippen molar-refractivity contribution in [3.8, 4) is 0 Å². The molecule has 6 heteroatoms. The zero-order chi connectivity index (χ0) is 16.7. The Hall–Kier alpha value is -3.41. The number of anilines is 1. The zero-order valence-electron chi connectivity index (χ0n) is 12.8. The average molecular weight is 319 g/mol. The van der Waals surface area contributed by atoms with Gasteiger partial charge in [-0.3, -0.25) is 9.59 Å². The smallest absolute Gasteiger partial charge is 0.276 e. The SMILES string of the molecule is Cn1nc(C(=O)Nc2ccc3oc4ccccc4c3c2)ccc1=O. The summed E-state index contributed by atoms with van der Waals surface area (Å²) in [5.41, 5.74) is 2.10. The van der Waals surface area contributed by atoms with E-state index in [1.165, 1.54) is 19.2 Å². The molecule has 0 bridgehead atoms. The number of nitrogens with zero attached hydrogens (tertiary/aromatic N) is 2. The fourth-order valence-corrected chi connectivity index (χ4v) is 2.62. The Bertz CT molecular complexity index is 1140. The minimum Gasteiger partial charge on any atom is -0.456 e. The number of aromatic nitrogens is 2. The molecule has 6 nitrogen and oxygen atoms in total. The fraction of sp³-hybridized carbons (Fsp3) is 0.0556. The first-order chi connectivity index (χ1) is 11.6. The van der Waals surface area contributed by atoms with Crippen LogP contribution in [0.3, 0.4) is 0 Å². The highest BCUT2D eigenvalue weighted by atomic mass is 16.3. The Balaban J connectivity index is 1.71. The molecule has 118 valence electrons. The highest BCUT2D eigenvalue weighted by molar-refractivity contribution is 6.08. The van der Waals surface area contributed by atoms with Crippen molar-refractivity contribution in [3.63, 3.8) is 0 Å².